The molecule has 1 aromatic heterocycles. The minimum absolute atomic E-state index is 0.162. The van der Waals surface area contributed by atoms with Gasteiger partial charge in [0.15, 0.2) is 0 Å². The fourth-order valence-electron chi connectivity index (χ4n) is 1.79. The number of hydrogen-bond donors (Lipinski definition) is 1. The van der Waals surface area contributed by atoms with Crippen LogP contribution < -0.4 is 0 Å². The molecule has 0 amide bonds. The van der Waals surface area contributed by atoms with E-state index in [0.29, 0.717) is 15.1 Å². The second-order valence-corrected chi connectivity index (χ2v) is 5.95. The molecule has 0 saturated carbocycles. The lowest BCUT2D eigenvalue weighted by molar-refractivity contribution is 0.0537. The summed E-state index contributed by atoms with van der Waals surface area (Å²) in [6, 6.07) is 1.73. The molecule has 0 spiro atoms. The van der Waals surface area contributed by atoms with Gasteiger partial charge in [0.2, 0.25) is 0 Å². The van der Waals surface area contributed by atoms with Gasteiger partial charge < -0.3 is 9.84 Å². The third kappa shape index (κ3) is 2.86. The average molecular weight is 267 g/mol. The van der Waals surface area contributed by atoms with Gasteiger partial charge in [-0.05, 0) is 18.9 Å². The van der Waals surface area contributed by atoms with Crippen LogP contribution >= 0.6 is 34.5 Å². The Bertz CT molecular complexity index is 334. The van der Waals surface area contributed by atoms with Gasteiger partial charge in [-0.25, -0.2) is 0 Å². The van der Waals surface area contributed by atoms with Crippen molar-refractivity contribution in [3.8, 4) is 0 Å². The molecule has 2 unspecified atom stereocenters. The van der Waals surface area contributed by atoms with Crippen molar-refractivity contribution in [2.75, 3.05) is 6.61 Å². The number of thiophene rings is 1. The predicted molar refractivity (Wildman–Crippen MR) is 62.9 cm³/mol. The first-order valence-corrected chi connectivity index (χ1v) is 6.48. The van der Waals surface area contributed by atoms with Crippen LogP contribution in [0.2, 0.25) is 8.67 Å². The Balaban J connectivity index is 2.00. The van der Waals surface area contributed by atoms with Crippen molar-refractivity contribution in [1.82, 2.24) is 0 Å². The monoisotopic (exact) mass is 266 g/mol. The molecule has 1 aliphatic rings. The number of aliphatic hydroxyl groups excluding tert-OH is 1. The fraction of sp³-hybridized carbons (Fsp3) is 0.600. The maximum atomic E-state index is 9.96. The third-order valence-electron chi connectivity index (χ3n) is 2.55. The van der Waals surface area contributed by atoms with Gasteiger partial charge in [-0.15, -0.1) is 11.3 Å². The van der Waals surface area contributed by atoms with E-state index in [-0.39, 0.29) is 6.10 Å². The van der Waals surface area contributed by atoms with E-state index in [1.165, 1.54) is 11.3 Å². The Morgan fingerprint density at radius 2 is 2.40 bits per heavy atom. The van der Waals surface area contributed by atoms with E-state index in [1.807, 2.05) is 0 Å². The predicted octanol–water partition coefficient (Wildman–Crippen LogP) is 3.66. The molecule has 2 atom stereocenters. The summed E-state index contributed by atoms with van der Waals surface area (Å²) in [5.41, 5.74) is 0.724. The highest BCUT2D eigenvalue weighted by Crippen LogP contribution is 2.37. The van der Waals surface area contributed by atoms with Crippen LogP contribution in [0.3, 0.4) is 0 Å². The van der Waals surface area contributed by atoms with Gasteiger partial charge in [0.05, 0.1) is 16.5 Å². The Labute approximate surface area is 103 Å². The Morgan fingerprint density at radius 3 is 2.93 bits per heavy atom. The number of aliphatic hydroxyl groups is 1. The summed E-state index contributed by atoms with van der Waals surface area (Å²) in [7, 11) is 0. The van der Waals surface area contributed by atoms with Crippen LogP contribution in [-0.4, -0.2) is 17.8 Å². The molecule has 1 fully saturated rings. The summed E-state index contributed by atoms with van der Waals surface area (Å²) in [5.74, 6) is 0. The lowest BCUT2D eigenvalue weighted by atomic mass is 10.0. The molecule has 1 saturated heterocycles. The summed E-state index contributed by atoms with van der Waals surface area (Å²) in [6.45, 7) is 0.801. The van der Waals surface area contributed by atoms with Crippen LogP contribution in [0.15, 0.2) is 6.07 Å². The number of ether oxygens (including phenoxy) is 1. The Kier molecular flexibility index (Phi) is 3.91. The maximum absolute atomic E-state index is 9.96. The number of rotatable bonds is 3. The second-order valence-electron chi connectivity index (χ2n) is 3.67. The number of hydrogen-bond acceptors (Lipinski definition) is 3. The van der Waals surface area contributed by atoms with Gasteiger partial charge in [-0.2, -0.15) is 0 Å². The van der Waals surface area contributed by atoms with Crippen molar-refractivity contribution in [3.05, 3.63) is 20.3 Å². The van der Waals surface area contributed by atoms with E-state index in [2.05, 4.69) is 0 Å². The van der Waals surface area contributed by atoms with E-state index in [9.17, 15) is 5.11 Å². The van der Waals surface area contributed by atoms with E-state index in [4.69, 9.17) is 27.9 Å². The highest BCUT2D eigenvalue weighted by atomic mass is 35.5. The number of halogens is 2. The minimum Gasteiger partial charge on any atom is -0.388 e. The molecule has 0 radical (unpaired) electrons. The lowest BCUT2D eigenvalue weighted by Gasteiger charge is -2.14. The van der Waals surface area contributed by atoms with Crippen molar-refractivity contribution in [1.29, 1.82) is 0 Å². The van der Waals surface area contributed by atoms with Crippen molar-refractivity contribution in [2.24, 2.45) is 0 Å². The standard InChI is InChI=1S/C10H12Cl2O2S/c11-9-5-7(10(12)15-9)8(13)4-6-2-1-3-14-6/h5-6,8,13H,1-4H2. The molecule has 15 heavy (non-hydrogen) atoms. The molecule has 1 N–H and O–H groups in total. The van der Waals surface area contributed by atoms with Gasteiger partial charge in [-0.1, -0.05) is 23.2 Å². The largest absolute Gasteiger partial charge is 0.388 e. The normalized spacial score (nSPS) is 23.3. The SMILES string of the molecule is OC(CC1CCCO1)c1cc(Cl)sc1Cl. The van der Waals surface area contributed by atoms with Crippen molar-refractivity contribution >= 4 is 34.5 Å². The topological polar surface area (TPSA) is 29.5 Å². The van der Waals surface area contributed by atoms with E-state index in [0.717, 1.165) is 25.0 Å². The molecule has 1 aromatic rings. The highest BCUT2D eigenvalue weighted by molar-refractivity contribution is 7.20. The van der Waals surface area contributed by atoms with Gasteiger partial charge in [0.1, 0.15) is 4.34 Å². The van der Waals surface area contributed by atoms with Crippen LogP contribution in [-0.2, 0) is 4.74 Å². The molecule has 2 rings (SSSR count). The van der Waals surface area contributed by atoms with Crippen molar-refractivity contribution in [3.63, 3.8) is 0 Å². The van der Waals surface area contributed by atoms with E-state index in [1.54, 1.807) is 6.07 Å². The zero-order valence-corrected chi connectivity index (χ0v) is 10.4. The summed E-state index contributed by atoms with van der Waals surface area (Å²) in [6.07, 6.45) is 2.30. The quantitative estimate of drug-likeness (QED) is 0.905. The summed E-state index contributed by atoms with van der Waals surface area (Å²) in [4.78, 5) is 0. The van der Waals surface area contributed by atoms with Gasteiger partial charge in [0.25, 0.3) is 0 Å². The van der Waals surface area contributed by atoms with Gasteiger partial charge in [0, 0.05) is 18.6 Å². The van der Waals surface area contributed by atoms with E-state index >= 15 is 0 Å². The maximum Gasteiger partial charge on any atom is 0.100 e. The zero-order chi connectivity index (χ0) is 10.8. The smallest absolute Gasteiger partial charge is 0.100 e. The molecule has 84 valence electrons. The van der Waals surface area contributed by atoms with Crippen LogP contribution in [0, 0.1) is 0 Å². The molecule has 0 aliphatic carbocycles. The molecule has 0 bridgehead atoms. The molecule has 5 heteroatoms. The van der Waals surface area contributed by atoms with Crippen molar-refractivity contribution in [2.45, 2.75) is 31.5 Å². The molecule has 2 nitrogen and oxygen atoms in total. The summed E-state index contributed by atoms with van der Waals surface area (Å²) >= 11 is 13.1. The van der Waals surface area contributed by atoms with E-state index < -0.39 is 6.10 Å². The molecule has 1 aliphatic heterocycles. The van der Waals surface area contributed by atoms with Crippen molar-refractivity contribution < 1.29 is 9.84 Å². The first-order valence-electron chi connectivity index (χ1n) is 4.91. The molecule has 0 aromatic carbocycles. The van der Waals surface area contributed by atoms with Gasteiger partial charge in [-0.3, -0.25) is 0 Å². The molecular formula is C10H12Cl2O2S. The fourth-order valence-corrected chi connectivity index (χ4v) is 3.35. The third-order valence-corrected chi connectivity index (χ3v) is 4.07. The Morgan fingerprint density at radius 1 is 1.60 bits per heavy atom. The zero-order valence-electron chi connectivity index (χ0n) is 8.08. The first kappa shape index (κ1) is 11.7. The molecule has 2 heterocycles. The second kappa shape index (κ2) is 5.02. The van der Waals surface area contributed by atoms with Crippen LogP contribution in [0.1, 0.15) is 30.9 Å². The average Bonchev–Trinajstić information content (AvgIpc) is 2.75. The van der Waals surface area contributed by atoms with Crippen LogP contribution in [0.5, 0.6) is 0 Å². The van der Waals surface area contributed by atoms with Crippen LogP contribution in [0.25, 0.3) is 0 Å². The first-order chi connectivity index (χ1) is 7.16. The highest BCUT2D eigenvalue weighted by Gasteiger charge is 2.22. The lowest BCUT2D eigenvalue weighted by Crippen LogP contribution is -2.10. The summed E-state index contributed by atoms with van der Waals surface area (Å²) < 4.78 is 6.65. The summed E-state index contributed by atoms with van der Waals surface area (Å²) in [5, 5.41) is 9.96. The Hall–Kier alpha value is 0.200. The molecular weight excluding hydrogens is 255 g/mol. The van der Waals surface area contributed by atoms with Gasteiger partial charge >= 0.3 is 0 Å². The minimum atomic E-state index is -0.565. The van der Waals surface area contributed by atoms with Crippen LogP contribution in [0.4, 0.5) is 0 Å².